The van der Waals surface area contributed by atoms with E-state index in [2.05, 4.69) is 20.7 Å². The van der Waals surface area contributed by atoms with Crippen molar-refractivity contribution in [3.63, 3.8) is 0 Å². The third-order valence-corrected chi connectivity index (χ3v) is 3.75. The van der Waals surface area contributed by atoms with Crippen LogP contribution < -0.4 is 4.72 Å². The van der Waals surface area contributed by atoms with E-state index in [1.54, 1.807) is 0 Å². The van der Waals surface area contributed by atoms with Crippen molar-refractivity contribution in [3.8, 4) is 0 Å². The Bertz CT molecular complexity index is 532. The summed E-state index contributed by atoms with van der Waals surface area (Å²) in [7, 11) is -2.94. The molecule has 17 heavy (non-hydrogen) atoms. The summed E-state index contributed by atoms with van der Waals surface area (Å²) in [5.41, 5.74) is 0. The first kappa shape index (κ1) is 14.1. The Morgan fingerprint density at radius 1 is 1.53 bits per heavy atom. The van der Waals surface area contributed by atoms with Gasteiger partial charge in [0.1, 0.15) is 17.3 Å². The fourth-order valence-electron chi connectivity index (χ4n) is 0.997. The van der Waals surface area contributed by atoms with E-state index in [9.17, 15) is 17.6 Å². The van der Waals surface area contributed by atoms with Crippen LogP contribution >= 0.6 is 15.9 Å². The number of sulfonamides is 1. The van der Waals surface area contributed by atoms with Gasteiger partial charge < -0.3 is 4.74 Å². The lowest BCUT2D eigenvalue weighted by molar-refractivity contribution is -0.139. The van der Waals surface area contributed by atoms with Crippen LogP contribution in [0, 0.1) is 5.82 Å². The van der Waals surface area contributed by atoms with Gasteiger partial charge in [-0.15, -0.1) is 0 Å². The maximum atomic E-state index is 13.4. The van der Waals surface area contributed by atoms with Crippen LogP contribution in [0.15, 0.2) is 27.6 Å². The molecule has 0 radical (unpaired) electrons. The van der Waals surface area contributed by atoms with E-state index in [1.165, 1.54) is 6.07 Å². The van der Waals surface area contributed by atoms with E-state index >= 15 is 0 Å². The van der Waals surface area contributed by atoms with Crippen molar-refractivity contribution in [2.75, 3.05) is 13.7 Å². The van der Waals surface area contributed by atoms with Crippen molar-refractivity contribution >= 4 is 31.9 Å². The Morgan fingerprint density at radius 2 is 2.18 bits per heavy atom. The molecular formula is C9H9BrFNO4S. The smallest absolute Gasteiger partial charge is 0.320 e. The number of halogens is 2. The van der Waals surface area contributed by atoms with Crippen LogP contribution in [-0.2, 0) is 19.6 Å². The Kier molecular flexibility index (Phi) is 4.61. The van der Waals surface area contributed by atoms with Gasteiger partial charge in [-0.3, -0.25) is 4.79 Å². The fourth-order valence-corrected chi connectivity index (χ4v) is 2.36. The molecule has 5 nitrogen and oxygen atoms in total. The second kappa shape index (κ2) is 5.56. The summed E-state index contributed by atoms with van der Waals surface area (Å²) in [4.78, 5) is 10.3. The number of ether oxygens (including phenoxy) is 1. The van der Waals surface area contributed by atoms with Crippen LogP contribution in [0.3, 0.4) is 0 Å². The summed E-state index contributed by atoms with van der Waals surface area (Å²) in [6, 6.07) is 3.50. The van der Waals surface area contributed by atoms with E-state index < -0.39 is 33.3 Å². The summed E-state index contributed by atoms with van der Waals surface area (Å²) < 4.78 is 43.2. The molecule has 8 heteroatoms. The van der Waals surface area contributed by atoms with Crippen LogP contribution in [0.5, 0.6) is 0 Å². The molecule has 0 aliphatic rings. The molecule has 0 aliphatic carbocycles. The highest BCUT2D eigenvalue weighted by Gasteiger charge is 2.20. The summed E-state index contributed by atoms with van der Waals surface area (Å²) in [6.07, 6.45) is 0. The van der Waals surface area contributed by atoms with Crippen molar-refractivity contribution in [2.45, 2.75) is 4.90 Å². The van der Waals surface area contributed by atoms with Crippen molar-refractivity contribution in [1.82, 2.24) is 4.72 Å². The van der Waals surface area contributed by atoms with Gasteiger partial charge in [-0.1, -0.05) is 15.9 Å². The predicted octanol–water partition coefficient (Wildman–Crippen LogP) is 1.04. The molecule has 0 bridgehead atoms. The SMILES string of the molecule is COC(=O)CNS(=O)(=O)c1ccc(Br)cc1F. The fraction of sp³-hybridized carbons (Fsp3) is 0.222. The highest BCUT2D eigenvalue weighted by Crippen LogP contribution is 2.18. The first-order valence-corrected chi connectivity index (χ1v) is 6.66. The molecule has 1 rings (SSSR count). The zero-order valence-corrected chi connectivity index (χ0v) is 11.1. The molecular weight excluding hydrogens is 317 g/mol. The number of carbonyl (C=O) groups is 1. The summed E-state index contributed by atoms with van der Waals surface area (Å²) in [6.45, 7) is -0.547. The Labute approximate surface area is 106 Å². The highest BCUT2D eigenvalue weighted by molar-refractivity contribution is 9.10. The number of methoxy groups -OCH3 is 1. The van der Waals surface area contributed by atoms with Crippen LogP contribution in [-0.4, -0.2) is 28.0 Å². The zero-order chi connectivity index (χ0) is 13.1. The second-order valence-corrected chi connectivity index (χ2v) is 5.63. The molecule has 0 heterocycles. The summed E-state index contributed by atoms with van der Waals surface area (Å²) in [5.74, 6) is -1.66. The molecule has 1 aromatic rings. The number of benzene rings is 1. The lowest BCUT2D eigenvalue weighted by Crippen LogP contribution is -2.30. The van der Waals surface area contributed by atoms with Gasteiger partial charge in [0, 0.05) is 4.47 Å². The topological polar surface area (TPSA) is 72.5 Å². The van der Waals surface area contributed by atoms with Crippen molar-refractivity contribution in [1.29, 1.82) is 0 Å². The van der Waals surface area contributed by atoms with Gasteiger partial charge in [0.05, 0.1) is 7.11 Å². The maximum Gasteiger partial charge on any atom is 0.320 e. The van der Waals surface area contributed by atoms with Crippen molar-refractivity contribution in [3.05, 3.63) is 28.5 Å². The van der Waals surface area contributed by atoms with Crippen LogP contribution in [0.2, 0.25) is 0 Å². The highest BCUT2D eigenvalue weighted by atomic mass is 79.9. The molecule has 0 saturated carbocycles. The van der Waals surface area contributed by atoms with Gasteiger partial charge in [-0.2, -0.15) is 4.72 Å². The average molecular weight is 326 g/mol. The van der Waals surface area contributed by atoms with Crippen LogP contribution in [0.4, 0.5) is 4.39 Å². The molecule has 0 saturated heterocycles. The lowest BCUT2D eigenvalue weighted by Gasteiger charge is -2.06. The third-order valence-electron chi connectivity index (χ3n) is 1.82. The summed E-state index contributed by atoms with van der Waals surface area (Å²) >= 11 is 3.01. The van der Waals surface area contributed by atoms with Gasteiger partial charge in [-0.25, -0.2) is 12.8 Å². The van der Waals surface area contributed by atoms with E-state index in [4.69, 9.17) is 0 Å². The van der Waals surface area contributed by atoms with E-state index in [1.807, 2.05) is 4.72 Å². The minimum atomic E-state index is -4.06. The van der Waals surface area contributed by atoms with Crippen LogP contribution in [0.25, 0.3) is 0 Å². The minimum absolute atomic E-state index is 0.418. The molecule has 0 aromatic heterocycles. The predicted molar refractivity (Wildman–Crippen MR) is 61.3 cm³/mol. The zero-order valence-electron chi connectivity index (χ0n) is 8.74. The average Bonchev–Trinajstić information content (AvgIpc) is 2.25. The molecule has 1 aromatic carbocycles. The number of hydrogen-bond acceptors (Lipinski definition) is 4. The second-order valence-electron chi connectivity index (χ2n) is 2.98. The molecule has 0 amide bonds. The van der Waals surface area contributed by atoms with Gasteiger partial charge in [-0.05, 0) is 18.2 Å². The number of rotatable bonds is 4. The number of carbonyl (C=O) groups excluding carboxylic acids is 1. The standard InChI is InChI=1S/C9H9BrFNO4S/c1-16-9(13)5-12-17(14,15)8-3-2-6(10)4-7(8)11/h2-4,12H,5H2,1H3. The number of hydrogen-bond donors (Lipinski definition) is 1. The first-order valence-electron chi connectivity index (χ1n) is 4.38. The third kappa shape index (κ3) is 3.76. The van der Waals surface area contributed by atoms with Gasteiger partial charge in [0.25, 0.3) is 0 Å². The molecule has 1 N–H and O–H groups in total. The molecule has 94 valence electrons. The van der Waals surface area contributed by atoms with E-state index in [-0.39, 0.29) is 0 Å². The normalized spacial score (nSPS) is 11.2. The van der Waals surface area contributed by atoms with Gasteiger partial charge in [0.15, 0.2) is 0 Å². The minimum Gasteiger partial charge on any atom is -0.468 e. The Balaban J connectivity index is 2.94. The number of esters is 1. The van der Waals surface area contributed by atoms with Gasteiger partial charge >= 0.3 is 5.97 Å². The van der Waals surface area contributed by atoms with Crippen molar-refractivity contribution < 1.29 is 22.3 Å². The molecule has 0 atom stereocenters. The van der Waals surface area contributed by atoms with Crippen molar-refractivity contribution in [2.24, 2.45) is 0 Å². The molecule has 0 spiro atoms. The Hall–Kier alpha value is -0.990. The molecule has 0 fully saturated rings. The summed E-state index contributed by atoms with van der Waals surface area (Å²) in [5, 5.41) is 0. The monoisotopic (exact) mass is 325 g/mol. The first-order chi connectivity index (χ1) is 7.86. The maximum absolute atomic E-state index is 13.4. The largest absolute Gasteiger partial charge is 0.468 e. The quantitative estimate of drug-likeness (QED) is 0.839. The van der Waals surface area contributed by atoms with E-state index in [0.717, 1.165) is 19.2 Å². The molecule has 0 unspecified atom stereocenters. The lowest BCUT2D eigenvalue weighted by atomic mass is 10.3. The Morgan fingerprint density at radius 3 is 2.71 bits per heavy atom. The molecule has 0 aliphatic heterocycles. The van der Waals surface area contributed by atoms with E-state index in [0.29, 0.717) is 4.47 Å². The van der Waals surface area contributed by atoms with Crippen LogP contribution in [0.1, 0.15) is 0 Å². The number of nitrogens with one attached hydrogen (secondary N) is 1. The van der Waals surface area contributed by atoms with Gasteiger partial charge in [0.2, 0.25) is 10.0 Å².